The van der Waals surface area contributed by atoms with E-state index in [1.807, 2.05) is 18.2 Å². The summed E-state index contributed by atoms with van der Waals surface area (Å²) in [6, 6.07) is 7.65. The molecule has 1 aliphatic heterocycles. The van der Waals surface area contributed by atoms with Crippen molar-refractivity contribution in [3.8, 4) is 17.0 Å². The number of H-pyrrole nitrogens is 2. The summed E-state index contributed by atoms with van der Waals surface area (Å²) in [5.74, 6) is 2.06. The van der Waals surface area contributed by atoms with Gasteiger partial charge in [0.15, 0.2) is 0 Å². The molecule has 1 amide bonds. The fourth-order valence-electron chi connectivity index (χ4n) is 2.93. The zero-order valence-electron chi connectivity index (χ0n) is 14.7. The van der Waals surface area contributed by atoms with Gasteiger partial charge in [-0.25, -0.2) is 0 Å². The molecule has 4 rings (SSSR count). The molecule has 8 heteroatoms. The van der Waals surface area contributed by atoms with Crippen molar-refractivity contribution in [2.45, 2.75) is 26.7 Å². The second-order valence-corrected chi connectivity index (χ2v) is 6.75. The molecule has 3 aromatic rings. The summed E-state index contributed by atoms with van der Waals surface area (Å²) in [6.07, 6.45) is 1.67. The number of carbonyl (C=O) groups is 1. The van der Waals surface area contributed by atoms with E-state index in [-0.39, 0.29) is 11.9 Å². The summed E-state index contributed by atoms with van der Waals surface area (Å²) in [4.78, 5) is 16.7. The molecular weight excluding hydrogens is 332 g/mol. The molecule has 0 spiro atoms. The molecule has 0 fully saturated rings. The highest BCUT2D eigenvalue weighted by molar-refractivity contribution is 6.02. The van der Waals surface area contributed by atoms with E-state index in [0.717, 1.165) is 35.5 Å². The molecule has 2 aromatic heterocycles. The zero-order chi connectivity index (χ0) is 18.1. The molecule has 0 atom stereocenters. The Bertz CT molecular complexity index is 943. The number of aromatic amines is 2. The standard InChI is InChI=1S/C18H20N6O2/c1-10(2)7-16-19-18(24-23-16)20-17(25)14-9-13(21-22-14)11-3-4-15-12(8-11)5-6-26-15/h3-4,8-10H,5-7H2,1-2H3,(H,21,22)(H2,19,20,23,24,25). The van der Waals surface area contributed by atoms with Crippen LogP contribution in [0.3, 0.4) is 0 Å². The number of hydrogen-bond acceptors (Lipinski definition) is 5. The molecule has 0 saturated heterocycles. The number of benzene rings is 1. The normalized spacial score (nSPS) is 12.9. The number of ether oxygens (including phenoxy) is 1. The van der Waals surface area contributed by atoms with Gasteiger partial charge in [-0.1, -0.05) is 13.8 Å². The minimum Gasteiger partial charge on any atom is -0.493 e. The van der Waals surface area contributed by atoms with Crippen molar-refractivity contribution >= 4 is 11.9 Å². The van der Waals surface area contributed by atoms with Crippen LogP contribution in [0.1, 0.15) is 35.7 Å². The lowest BCUT2D eigenvalue weighted by molar-refractivity contribution is 0.102. The number of rotatable bonds is 5. The van der Waals surface area contributed by atoms with E-state index in [2.05, 4.69) is 44.5 Å². The zero-order valence-corrected chi connectivity index (χ0v) is 14.7. The highest BCUT2D eigenvalue weighted by Gasteiger charge is 2.16. The van der Waals surface area contributed by atoms with E-state index < -0.39 is 0 Å². The second-order valence-electron chi connectivity index (χ2n) is 6.75. The molecule has 1 aliphatic rings. The molecule has 1 aromatic carbocycles. The van der Waals surface area contributed by atoms with Gasteiger partial charge in [0.25, 0.3) is 5.91 Å². The summed E-state index contributed by atoms with van der Waals surface area (Å²) in [5, 5.41) is 16.5. The average Bonchev–Trinajstić information content (AvgIpc) is 3.34. The summed E-state index contributed by atoms with van der Waals surface area (Å²) < 4.78 is 5.52. The van der Waals surface area contributed by atoms with Gasteiger partial charge in [0, 0.05) is 18.4 Å². The number of aromatic nitrogens is 5. The lowest BCUT2D eigenvalue weighted by atomic mass is 10.1. The lowest BCUT2D eigenvalue weighted by Crippen LogP contribution is -2.13. The van der Waals surface area contributed by atoms with Gasteiger partial charge >= 0.3 is 0 Å². The molecule has 3 heterocycles. The van der Waals surface area contributed by atoms with Crippen molar-refractivity contribution in [3.05, 3.63) is 41.3 Å². The van der Waals surface area contributed by atoms with Gasteiger partial charge in [-0.2, -0.15) is 10.1 Å². The lowest BCUT2D eigenvalue weighted by Gasteiger charge is -2.00. The predicted molar refractivity (Wildman–Crippen MR) is 96.1 cm³/mol. The number of fused-ring (bicyclic) bond motifs is 1. The van der Waals surface area contributed by atoms with Gasteiger partial charge in [-0.3, -0.25) is 20.3 Å². The number of anilines is 1. The van der Waals surface area contributed by atoms with Crippen LogP contribution in [0.5, 0.6) is 5.75 Å². The quantitative estimate of drug-likeness (QED) is 0.654. The molecule has 0 bridgehead atoms. The van der Waals surface area contributed by atoms with Crippen LogP contribution in [0.4, 0.5) is 5.95 Å². The predicted octanol–water partition coefficient (Wildman–Crippen LogP) is 2.58. The Balaban J connectivity index is 1.47. The maximum absolute atomic E-state index is 12.4. The first-order chi connectivity index (χ1) is 12.6. The SMILES string of the molecule is CC(C)Cc1nc(NC(=O)c2cc(-c3ccc4c(c3)CCO4)n[nH]2)n[nH]1. The Kier molecular flexibility index (Phi) is 4.16. The maximum atomic E-state index is 12.4. The molecule has 134 valence electrons. The third-order valence-corrected chi connectivity index (χ3v) is 4.17. The number of amides is 1. The van der Waals surface area contributed by atoms with Crippen LogP contribution in [0.2, 0.25) is 0 Å². The fourth-order valence-corrected chi connectivity index (χ4v) is 2.93. The largest absolute Gasteiger partial charge is 0.493 e. The molecule has 8 nitrogen and oxygen atoms in total. The van der Waals surface area contributed by atoms with Crippen molar-refractivity contribution in [1.82, 2.24) is 25.4 Å². The van der Waals surface area contributed by atoms with Crippen molar-refractivity contribution in [2.24, 2.45) is 5.92 Å². The summed E-state index contributed by atoms with van der Waals surface area (Å²) in [5.41, 5.74) is 3.17. The minimum absolute atomic E-state index is 0.261. The fraction of sp³-hybridized carbons (Fsp3) is 0.333. The molecule has 0 unspecified atom stereocenters. The molecular formula is C18H20N6O2. The number of hydrogen-bond donors (Lipinski definition) is 3. The highest BCUT2D eigenvalue weighted by atomic mass is 16.5. The first-order valence-electron chi connectivity index (χ1n) is 8.62. The second kappa shape index (κ2) is 6.62. The Hall–Kier alpha value is -3.16. The molecule has 0 saturated carbocycles. The van der Waals surface area contributed by atoms with Crippen LogP contribution in [0, 0.1) is 5.92 Å². The van der Waals surface area contributed by atoms with Gasteiger partial charge in [-0.05, 0) is 35.7 Å². The summed E-state index contributed by atoms with van der Waals surface area (Å²) in [6.45, 7) is 4.90. The molecule has 0 radical (unpaired) electrons. The van der Waals surface area contributed by atoms with Crippen molar-refractivity contribution < 1.29 is 9.53 Å². The van der Waals surface area contributed by atoms with Crippen molar-refractivity contribution in [3.63, 3.8) is 0 Å². The smallest absolute Gasteiger partial charge is 0.276 e. The number of nitrogens with one attached hydrogen (secondary N) is 3. The van der Waals surface area contributed by atoms with E-state index >= 15 is 0 Å². The molecule has 3 N–H and O–H groups in total. The average molecular weight is 352 g/mol. The van der Waals surface area contributed by atoms with Crippen LogP contribution >= 0.6 is 0 Å². The van der Waals surface area contributed by atoms with Crippen molar-refractivity contribution in [2.75, 3.05) is 11.9 Å². The van der Waals surface area contributed by atoms with E-state index in [4.69, 9.17) is 4.74 Å². The maximum Gasteiger partial charge on any atom is 0.276 e. The van der Waals surface area contributed by atoms with Gasteiger partial charge in [-0.15, -0.1) is 5.10 Å². The topological polar surface area (TPSA) is 109 Å². The van der Waals surface area contributed by atoms with E-state index in [1.54, 1.807) is 6.07 Å². The third-order valence-electron chi connectivity index (χ3n) is 4.17. The monoisotopic (exact) mass is 352 g/mol. The van der Waals surface area contributed by atoms with Crippen LogP contribution < -0.4 is 10.1 Å². The highest BCUT2D eigenvalue weighted by Crippen LogP contribution is 2.29. The Morgan fingerprint density at radius 2 is 2.15 bits per heavy atom. The van der Waals surface area contributed by atoms with Gasteiger partial charge in [0.05, 0.1) is 12.3 Å². The number of nitrogens with zero attached hydrogens (tertiary/aromatic N) is 3. The van der Waals surface area contributed by atoms with E-state index in [1.165, 1.54) is 0 Å². The van der Waals surface area contributed by atoms with E-state index in [0.29, 0.717) is 23.9 Å². The van der Waals surface area contributed by atoms with Crippen molar-refractivity contribution in [1.29, 1.82) is 0 Å². The van der Waals surface area contributed by atoms with E-state index in [9.17, 15) is 4.79 Å². The van der Waals surface area contributed by atoms with Crippen LogP contribution in [-0.2, 0) is 12.8 Å². The Morgan fingerprint density at radius 1 is 1.27 bits per heavy atom. The van der Waals surface area contributed by atoms with Gasteiger partial charge < -0.3 is 4.74 Å². The summed E-state index contributed by atoms with van der Waals surface area (Å²) >= 11 is 0. The van der Waals surface area contributed by atoms with Crippen LogP contribution in [-0.4, -0.2) is 37.9 Å². The third kappa shape index (κ3) is 3.30. The first-order valence-corrected chi connectivity index (χ1v) is 8.62. The summed E-state index contributed by atoms with van der Waals surface area (Å²) in [7, 11) is 0. The minimum atomic E-state index is -0.330. The Morgan fingerprint density at radius 3 is 3.00 bits per heavy atom. The Labute approximate surface area is 150 Å². The van der Waals surface area contributed by atoms with Crippen LogP contribution in [0.15, 0.2) is 24.3 Å². The molecule has 0 aliphatic carbocycles. The number of carbonyl (C=O) groups excluding carboxylic acids is 1. The first kappa shape index (κ1) is 16.3. The van der Waals surface area contributed by atoms with Gasteiger partial charge in [0.1, 0.15) is 17.3 Å². The van der Waals surface area contributed by atoms with Crippen LogP contribution in [0.25, 0.3) is 11.3 Å². The molecule has 26 heavy (non-hydrogen) atoms. The van der Waals surface area contributed by atoms with Gasteiger partial charge in [0.2, 0.25) is 5.95 Å².